The molecule has 0 amide bonds. The zero-order valence-corrected chi connectivity index (χ0v) is 18.4. The number of rotatable bonds is 3. The van der Waals surface area contributed by atoms with Crippen molar-refractivity contribution in [1.29, 1.82) is 0 Å². The minimum Gasteiger partial charge on any atom is -0.380 e. The third kappa shape index (κ3) is 6.69. The van der Waals surface area contributed by atoms with Crippen LogP contribution in [0.5, 0.6) is 0 Å². The van der Waals surface area contributed by atoms with E-state index in [9.17, 15) is 0 Å². The summed E-state index contributed by atoms with van der Waals surface area (Å²) in [6.45, 7) is 8.44. The molecule has 1 saturated heterocycles. The number of aryl methyl sites for hydroxylation is 1. The normalized spacial score (nSPS) is 16.1. The smallest absolute Gasteiger partial charge is 0.131 e. The highest BCUT2D eigenvalue weighted by molar-refractivity contribution is 7.18. The number of thiophene rings is 1. The molecule has 1 atom stereocenters. The van der Waals surface area contributed by atoms with Gasteiger partial charge in [-0.2, -0.15) is 0 Å². The zero-order chi connectivity index (χ0) is 19.6. The van der Waals surface area contributed by atoms with E-state index in [1.54, 1.807) is 22.7 Å². The van der Waals surface area contributed by atoms with Crippen molar-refractivity contribution in [3.63, 3.8) is 0 Å². The van der Waals surface area contributed by atoms with Gasteiger partial charge >= 0.3 is 0 Å². The monoisotopic (exact) mass is 426 g/mol. The number of nitrogens with one attached hydrogen (secondary N) is 1. The minimum absolute atomic E-state index is 0.314. The number of fused-ring (bicyclic) bond motifs is 1. The molecule has 3 aromatic rings. The van der Waals surface area contributed by atoms with Crippen molar-refractivity contribution >= 4 is 50.2 Å². The topological polar surface area (TPSA) is 73.1 Å². The Hall–Kier alpha value is -1.25. The highest BCUT2D eigenvalue weighted by Gasteiger charge is 2.09. The van der Waals surface area contributed by atoms with Crippen LogP contribution >= 0.6 is 34.3 Å². The third-order valence-electron chi connectivity index (χ3n) is 3.78. The van der Waals surface area contributed by atoms with Gasteiger partial charge in [-0.1, -0.05) is 25.4 Å². The van der Waals surface area contributed by atoms with Crippen LogP contribution in [-0.4, -0.2) is 29.2 Å². The van der Waals surface area contributed by atoms with Gasteiger partial charge in [0.25, 0.3) is 0 Å². The predicted molar refractivity (Wildman–Crippen MR) is 118 cm³/mol. The van der Waals surface area contributed by atoms with Crippen molar-refractivity contribution in [2.45, 2.75) is 46.2 Å². The SMILES string of the molecule is CC.Cc1csc2c(NCc3nccs3)cc(Cl)nc12.NC1CCCOC1. The molecule has 1 unspecified atom stereocenters. The summed E-state index contributed by atoms with van der Waals surface area (Å²) in [6.07, 6.45) is 4.09. The molecule has 8 heteroatoms. The van der Waals surface area contributed by atoms with E-state index in [0.717, 1.165) is 52.5 Å². The van der Waals surface area contributed by atoms with Crippen LogP contribution in [0.3, 0.4) is 0 Å². The number of anilines is 1. The Balaban J connectivity index is 0.000000244. The van der Waals surface area contributed by atoms with E-state index in [1.165, 1.54) is 0 Å². The van der Waals surface area contributed by atoms with Crippen LogP contribution in [0.15, 0.2) is 23.0 Å². The van der Waals surface area contributed by atoms with Crippen molar-refractivity contribution in [3.8, 4) is 0 Å². The molecule has 0 radical (unpaired) electrons. The number of halogens is 1. The lowest BCUT2D eigenvalue weighted by atomic mass is 10.1. The van der Waals surface area contributed by atoms with Gasteiger partial charge in [-0.05, 0) is 30.7 Å². The van der Waals surface area contributed by atoms with Crippen LogP contribution in [0, 0.1) is 6.92 Å². The maximum Gasteiger partial charge on any atom is 0.131 e. The second-order valence-corrected chi connectivity index (χ2v) is 8.09. The van der Waals surface area contributed by atoms with E-state index in [-0.39, 0.29) is 0 Å². The van der Waals surface area contributed by atoms with Gasteiger partial charge in [0, 0.05) is 30.3 Å². The summed E-state index contributed by atoms with van der Waals surface area (Å²) in [6, 6.07) is 2.18. The average Bonchev–Trinajstić information content (AvgIpc) is 3.33. The Morgan fingerprint density at radius 3 is 2.78 bits per heavy atom. The molecule has 0 aromatic carbocycles. The fraction of sp³-hybridized carbons (Fsp3) is 0.474. The maximum absolute atomic E-state index is 6.05. The van der Waals surface area contributed by atoms with Crippen molar-refractivity contribution in [2.75, 3.05) is 18.5 Å². The Bertz CT molecular complexity index is 802. The number of nitrogens with zero attached hydrogens (tertiary/aromatic N) is 2. The number of nitrogens with two attached hydrogens (primary N) is 1. The van der Waals surface area contributed by atoms with Crippen LogP contribution in [-0.2, 0) is 11.3 Å². The Morgan fingerprint density at radius 1 is 1.37 bits per heavy atom. The second kappa shape index (κ2) is 11.6. The first-order valence-corrected chi connectivity index (χ1v) is 11.3. The molecular weight excluding hydrogens is 400 g/mol. The molecule has 4 heterocycles. The molecule has 27 heavy (non-hydrogen) atoms. The van der Waals surface area contributed by atoms with Crippen LogP contribution in [0.2, 0.25) is 5.15 Å². The second-order valence-electron chi connectivity index (χ2n) is 5.85. The molecule has 3 N–H and O–H groups in total. The van der Waals surface area contributed by atoms with Crippen molar-refractivity contribution in [3.05, 3.63) is 38.7 Å². The lowest BCUT2D eigenvalue weighted by Gasteiger charge is -2.16. The van der Waals surface area contributed by atoms with Gasteiger partial charge in [0.15, 0.2) is 0 Å². The first kappa shape index (κ1) is 22.0. The van der Waals surface area contributed by atoms with E-state index >= 15 is 0 Å². The van der Waals surface area contributed by atoms with Crippen LogP contribution in [0.25, 0.3) is 10.2 Å². The summed E-state index contributed by atoms with van der Waals surface area (Å²) in [5.41, 5.74) is 8.68. The number of pyridine rings is 1. The van der Waals surface area contributed by atoms with Gasteiger partial charge in [0.1, 0.15) is 10.2 Å². The summed E-state index contributed by atoms with van der Waals surface area (Å²) in [5.74, 6) is 0. The fourth-order valence-corrected chi connectivity index (χ4v) is 4.23. The van der Waals surface area contributed by atoms with Gasteiger partial charge in [-0.3, -0.25) is 0 Å². The standard InChI is InChI=1S/C12H10ClN3S2.C5H11NO.C2H6/c1-7-6-18-12-8(4-9(13)16-11(7)12)15-5-10-14-2-3-17-10;6-5-2-1-3-7-4-5;1-2/h2-4,6H,5H2,1H3,(H,15,16);5H,1-4,6H2;1-2H3. The summed E-state index contributed by atoms with van der Waals surface area (Å²) in [4.78, 5) is 8.61. The number of ether oxygens (including phenoxy) is 1. The Morgan fingerprint density at radius 2 is 2.19 bits per heavy atom. The summed E-state index contributed by atoms with van der Waals surface area (Å²) in [5, 5.41) is 9.03. The van der Waals surface area contributed by atoms with Gasteiger partial charge in [0.2, 0.25) is 0 Å². The molecule has 0 spiro atoms. The molecule has 1 aliphatic heterocycles. The lowest BCUT2D eigenvalue weighted by Crippen LogP contribution is -2.30. The lowest BCUT2D eigenvalue weighted by molar-refractivity contribution is 0.0822. The maximum atomic E-state index is 6.05. The highest BCUT2D eigenvalue weighted by atomic mass is 35.5. The van der Waals surface area contributed by atoms with E-state index in [0.29, 0.717) is 17.7 Å². The first-order valence-electron chi connectivity index (χ1n) is 9.13. The molecule has 148 valence electrons. The van der Waals surface area contributed by atoms with Gasteiger partial charge in [-0.25, -0.2) is 9.97 Å². The van der Waals surface area contributed by atoms with Gasteiger partial charge < -0.3 is 15.8 Å². The molecule has 5 nitrogen and oxygen atoms in total. The van der Waals surface area contributed by atoms with Gasteiger partial charge in [0.05, 0.1) is 29.1 Å². The molecule has 1 aliphatic rings. The van der Waals surface area contributed by atoms with Crippen molar-refractivity contribution in [2.24, 2.45) is 5.73 Å². The van der Waals surface area contributed by atoms with E-state index in [4.69, 9.17) is 22.1 Å². The third-order valence-corrected chi connectivity index (χ3v) is 5.87. The summed E-state index contributed by atoms with van der Waals surface area (Å²) >= 11 is 9.38. The van der Waals surface area contributed by atoms with E-state index in [1.807, 2.05) is 38.4 Å². The summed E-state index contributed by atoms with van der Waals surface area (Å²) < 4.78 is 6.20. The molecule has 4 rings (SSSR count). The van der Waals surface area contributed by atoms with Crippen molar-refractivity contribution in [1.82, 2.24) is 9.97 Å². The number of hydrogen-bond acceptors (Lipinski definition) is 7. The van der Waals surface area contributed by atoms with Crippen molar-refractivity contribution < 1.29 is 4.74 Å². The predicted octanol–water partition coefficient (Wildman–Crippen LogP) is 5.48. The molecule has 0 bridgehead atoms. The molecule has 0 aliphatic carbocycles. The molecule has 0 saturated carbocycles. The minimum atomic E-state index is 0.314. The first-order chi connectivity index (χ1) is 13.1. The molecular formula is C19H27ClN4OS2. The Kier molecular flexibility index (Phi) is 9.44. The number of hydrogen-bond donors (Lipinski definition) is 2. The fourth-order valence-electron chi connectivity index (χ4n) is 2.50. The number of thiazole rings is 1. The largest absolute Gasteiger partial charge is 0.380 e. The highest BCUT2D eigenvalue weighted by Crippen LogP contribution is 2.32. The Labute approximate surface area is 173 Å². The quantitative estimate of drug-likeness (QED) is 0.542. The van der Waals surface area contributed by atoms with E-state index in [2.05, 4.69) is 20.7 Å². The van der Waals surface area contributed by atoms with Crippen LogP contribution in [0.1, 0.15) is 37.3 Å². The summed E-state index contributed by atoms with van der Waals surface area (Å²) in [7, 11) is 0. The molecule has 1 fully saturated rings. The van der Waals surface area contributed by atoms with E-state index < -0.39 is 0 Å². The number of aromatic nitrogens is 2. The van der Waals surface area contributed by atoms with Gasteiger partial charge in [-0.15, -0.1) is 22.7 Å². The zero-order valence-electron chi connectivity index (χ0n) is 16.0. The average molecular weight is 427 g/mol. The molecule has 3 aromatic heterocycles. The van der Waals surface area contributed by atoms with Crippen LogP contribution in [0.4, 0.5) is 5.69 Å². The van der Waals surface area contributed by atoms with Crippen LogP contribution < -0.4 is 11.1 Å².